The van der Waals surface area contributed by atoms with Gasteiger partial charge in [0.25, 0.3) is 0 Å². The average Bonchev–Trinajstić information content (AvgIpc) is 2.73. The van der Waals surface area contributed by atoms with Gasteiger partial charge in [-0.25, -0.2) is 4.79 Å². The Morgan fingerprint density at radius 3 is 2.75 bits per heavy atom. The molecule has 1 aromatic heterocycles. The molecule has 2 aromatic rings. The summed E-state index contributed by atoms with van der Waals surface area (Å²) in [5, 5.41) is 3.15. The summed E-state index contributed by atoms with van der Waals surface area (Å²) in [7, 11) is 2.93. The first kappa shape index (κ1) is 11.2. The fourth-order valence-electron chi connectivity index (χ4n) is 1.50. The number of rotatable bonds is 2. The highest BCUT2D eigenvalue weighted by molar-refractivity contribution is 7.18. The summed E-state index contributed by atoms with van der Waals surface area (Å²) in [6.07, 6.45) is 0. The standard InChI is InChI=1S/C11H9ClO3S/c1-14-8-5-16-10-6(11(13)15-2)3-4-7(12)9(8)10/h3-5H,1-2H3. The van der Waals surface area contributed by atoms with Crippen molar-refractivity contribution in [3.05, 3.63) is 28.1 Å². The molecular weight excluding hydrogens is 248 g/mol. The number of benzene rings is 1. The highest BCUT2D eigenvalue weighted by Crippen LogP contribution is 2.39. The molecule has 0 fully saturated rings. The van der Waals surface area contributed by atoms with Crippen LogP contribution in [-0.2, 0) is 4.74 Å². The second-order valence-corrected chi connectivity index (χ2v) is 4.38. The number of carbonyl (C=O) groups excluding carboxylic acids is 1. The molecule has 0 amide bonds. The van der Waals surface area contributed by atoms with Crippen molar-refractivity contribution >= 4 is 39.0 Å². The molecule has 0 saturated heterocycles. The molecule has 0 atom stereocenters. The van der Waals surface area contributed by atoms with Gasteiger partial charge in [-0.15, -0.1) is 11.3 Å². The van der Waals surface area contributed by atoms with Crippen molar-refractivity contribution < 1.29 is 14.3 Å². The van der Waals surface area contributed by atoms with E-state index in [2.05, 4.69) is 0 Å². The maximum absolute atomic E-state index is 11.5. The Balaban J connectivity index is 2.75. The third-order valence-electron chi connectivity index (χ3n) is 2.26. The van der Waals surface area contributed by atoms with E-state index in [1.54, 1.807) is 19.2 Å². The van der Waals surface area contributed by atoms with Crippen molar-refractivity contribution in [3.63, 3.8) is 0 Å². The molecule has 2 rings (SSSR count). The van der Waals surface area contributed by atoms with Gasteiger partial charge in [0.05, 0.1) is 34.9 Å². The lowest BCUT2D eigenvalue weighted by molar-refractivity contribution is 0.0603. The summed E-state index contributed by atoms with van der Waals surface area (Å²) in [6, 6.07) is 3.33. The first-order chi connectivity index (χ1) is 7.69. The first-order valence-electron chi connectivity index (χ1n) is 4.51. The zero-order valence-electron chi connectivity index (χ0n) is 8.74. The Labute approximate surface area is 102 Å². The molecule has 0 saturated carbocycles. The maximum atomic E-state index is 11.5. The van der Waals surface area contributed by atoms with Gasteiger partial charge in [0.15, 0.2) is 0 Å². The van der Waals surface area contributed by atoms with Crippen LogP contribution in [-0.4, -0.2) is 20.2 Å². The van der Waals surface area contributed by atoms with Crippen LogP contribution in [0.25, 0.3) is 10.1 Å². The topological polar surface area (TPSA) is 35.5 Å². The summed E-state index contributed by atoms with van der Waals surface area (Å²) in [5.74, 6) is 0.307. The van der Waals surface area contributed by atoms with Crippen LogP contribution in [0.15, 0.2) is 17.5 Å². The summed E-state index contributed by atoms with van der Waals surface area (Å²) in [4.78, 5) is 11.5. The lowest BCUT2D eigenvalue weighted by atomic mass is 10.1. The van der Waals surface area contributed by atoms with Gasteiger partial charge in [-0.3, -0.25) is 0 Å². The van der Waals surface area contributed by atoms with Crippen molar-refractivity contribution in [2.75, 3.05) is 14.2 Å². The Bertz CT molecular complexity index is 547. The Hall–Kier alpha value is -1.26. The SMILES string of the molecule is COC(=O)c1ccc(Cl)c2c(OC)csc12. The molecule has 0 aliphatic carbocycles. The number of fused-ring (bicyclic) bond motifs is 1. The highest BCUT2D eigenvalue weighted by Gasteiger charge is 2.16. The maximum Gasteiger partial charge on any atom is 0.339 e. The van der Waals surface area contributed by atoms with E-state index < -0.39 is 0 Å². The van der Waals surface area contributed by atoms with Crippen LogP contribution in [0.5, 0.6) is 5.75 Å². The minimum atomic E-state index is -0.369. The number of esters is 1. The summed E-state index contributed by atoms with van der Waals surface area (Å²) >= 11 is 7.49. The molecule has 3 nitrogen and oxygen atoms in total. The fourth-order valence-corrected chi connectivity index (χ4v) is 2.86. The smallest absolute Gasteiger partial charge is 0.339 e. The number of ether oxygens (including phenoxy) is 2. The predicted octanol–water partition coefficient (Wildman–Crippen LogP) is 3.35. The molecule has 0 spiro atoms. The van der Waals surface area contributed by atoms with E-state index in [4.69, 9.17) is 21.1 Å². The summed E-state index contributed by atoms with van der Waals surface area (Å²) < 4.78 is 10.7. The van der Waals surface area contributed by atoms with Crippen molar-refractivity contribution in [2.45, 2.75) is 0 Å². The van der Waals surface area contributed by atoms with Gasteiger partial charge >= 0.3 is 5.97 Å². The zero-order valence-corrected chi connectivity index (χ0v) is 10.3. The average molecular weight is 257 g/mol. The van der Waals surface area contributed by atoms with Crippen LogP contribution in [0.3, 0.4) is 0 Å². The van der Waals surface area contributed by atoms with Gasteiger partial charge in [-0.2, -0.15) is 0 Å². The first-order valence-corrected chi connectivity index (χ1v) is 5.76. The number of hydrogen-bond donors (Lipinski definition) is 0. The molecule has 0 aliphatic heterocycles. The monoisotopic (exact) mass is 256 g/mol. The number of methoxy groups -OCH3 is 2. The van der Waals surface area contributed by atoms with Gasteiger partial charge in [-0.1, -0.05) is 11.6 Å². The minimum Gasteiger partial charge on any atom is -0.495 e. The highest BCUT2D eigenvalue weighted by atomic mass is 35.5. The van der Waals surface area contributed by atoms with E-state index in [9.17, 15) is 4.79 Å². The van der Waals surface area contributed by atoms with Crippen molar-refractivity contribution in [3.8, 4) is 5.75 Å². The van der Waals surface area contributed by atoms with Crippen LogP contribution in [0.1, 0.15) is 10.4 Å². The molecule has 0 aliphatic rings. The molecule has 1 heterocycles. The molecule has 0 bridgehead atoms. The zero-order chi connectivity index (χ0) is 11.7. The number of carbonyl (C=O) groups is 1. The van der Waals surface area contributed by atoms with Crippen LogP contribution >= 0.6 is 22.9 Å². The second-order valence-electron chi connectivity index (χ2n) is 3.09. The third kappa shape index (κ3) is 1.64. The molecule has 1 aromatic carbocycles. The molecule has 5 heteroatoms. The third-order valence-corrected chi connectivity index (χ3v) is 3.57. The van der Waals surface area contributed by atoms with E-state index in [1.807, 2.05) is 5.38 Å². The van der Waals surface area contributed by atoms with Crippen LogP contribution in [0.4, 0.5) is 0 Å². The molecule has 0 radical (unpaired) electrons. The molecule has 0 unspecified atom stereocenters. The van der Waals surface area contributed by atoms with Crippen LogP contribution in [0, 0.1) is 0 Å². The molecule has 0 N–H and O–H groups in total. The van der Waals surface area contributed by atoms with Crippen molar-refractivity contribution in [2.24, 2.45) is 0 Å². The van der Waals surface area contributed by atoms with Gasteiger partial charge < -0.3 is 9.47 Å². The minimum absolute atomic E-state index is 0.369. The number of hydrogen-bond acceptors (Lipinski definition) is 4. The van der Waals surface area contributed by atoms with Gasteiger partial charge in [0.1, 0.15) is 5.75 Å². The van der Waals surface area contributed by atoms with Gasteiger partial charge in [0, 0.05) is 5.38 Å². The van der Waals surface area contributed by atoms with E-state index >= 15 is 0 Å². The molecule has 16 heavy (non-hydrogen) atoms. The Kier molecular flexibility index (Phi) is 3.03. The van der Waals surface area contributed by atoms with Gasteiger partial charge in [-0.05, 0) is 12.1 Å². The van der Waals surface area contributed by atoms with Crippen LogP contribution in [0.2, 0.25) is 5.02 Å². The fraction of sp³-hybridized carbons (Fsp3) is 0.182. The number of halogens is 1. The van der Waals surface area contributed by atoms with E-state index in [1.165, 1.54) is 18.4 Å². The Morgan fingerprint density at radius 1 is 1.38 bits per heavy atom. The van der Waals surface area contributed by atoms with Crippen molar-refractivity contribution in [1.82, 2.24) is 0 Å². The summed E-state index contributed by atoms with van der Waals surface area (Å²) in [6.45, 7) is 0. The quantitative estimate of drug-likeness (QED) is 0.773. The number of thiophene rings is 1. The molecular formula is C11H9ClO3S. The van der Waals surface area contributed by atoms with E-state index in [-0.39, 0.29) is 5.97 Å². The van der Waals surface area contributed by atoms with Crippen LogP contribution < -0.4 is 4.74 Å². The lowest BCUT2D eigenvalue weighted by Crippen LogP contribution is -2.00. The van der Waals surface area contributed by atoms with Crippen molar-refractivity contribution in [1.29, 1.82) is 0 Å². The largest absolute Gasteiger partial charge is 0.495 e. The van der Waals surface area contributed by atoms with Gasteiger partial charge in [0.2, 0.25) is 0 Å². The predicted molar refractivity (Wildman–Crippen MR) is 64.7 cm³/mol. The normalized spacial score (nSPS) is 10.4. The summed E-state index contributed by atoms with van der Waals surface area (Å²) in [5.41, 5.74) is 0.509. The van der Waals surface area contributed by atoms with E-state index in [0.717, 1.165) is 10.1 Å². The Morgan fingerprint density at radius 2 is 2.12 bits per heavy atom. The van der Waals surface area contributed by atoms with E-state index in [0.29, 0.717) is 16.3 Å². The second kappa shape index (κ2) is 4.31. The lowest BCUT2D eigenvalue weighted by Gasteiger charge is -2.03. The molecule has 84 valence electrons.